The maximum atomic E-state index is 13.5. The van der Waals surface area contributed by atoms with Crippen LogP contribution in [-0.2, 0) is 17.8 Å². The number of benzene rings is 2. The molecular formula is C28H29BrN4O4. The van der Waals surface area contributed by atoms with Gasteiger partial charge in [-0.15, -0.1) is 0 Å². The average molecular weight is 565 g/mol. The molecule has 0 radical (unpaired) electrons. The Morgan fingerprint density at radius 1 is 1.05 bits per heavy atom. The van der Waals surface area contributed by atoms with Crippen molar-refractivity contribution >= 4 is 39.5 Å². The number of carboxylic acids is 1. The second-order valence-corrected chi connectivity index (χ2v) is 10.1. The number of nitrogens with zero attached hydrogens (tertiary/aromatic N) is 4. The van der Waals surface area contributed by atoms with Crippen LogP contribution in [0.5, 0.6) is 0 Å². The third-order valence-electron chi connectivity index (χ3n) is 6.41. The average Bonchev–Trinajstić information content (AvgIpc) is 2.90. The zero-order chi connectivity index (χ0) is 26.4. The molecule has 1 N–H and O–H groups in total. The Bertz CT molecular complexity index is 1250. The molecule has 4 rings (SSSR count). The summed E-state index contributed by atoms with van der Waals surface area (Å²) < 4.78 is 0.888. The van der Waals surface area contributed by atoms with Crippen molar-refractivity contribution in [1.29, 1.82) is 0 Å². The maximum absolute atomic E-state index is 13.5. The summed E-state index contributed by atoms with van der Waals surface area (Å²) in [5, 5.41) is 9.43. The van der Waals surface area contributed by atoms with Gasteiger partial charge in [-0.2, -0.15) is 0 Å². The van der Waals surface area contributed by atoms with Gasteiger partial charge in [0.1, 0.15) is 0 Å². The number of aromatic nitrogens is 1. The summed E-state index contributed by atoms with van der Waals surface area (Å²) in [6.45, 7) is 1.33. The number of halogens is 1. The molecule has 9 heteroatoms. The molecule has 37 heavy (non-hydrogen) atoms. The van der Waals surface area contributed by atoms with Crippen LogP contribution in [0.3, 0.4) is 0 Å². The fourth-order valence-electron chi connectivity index (χ4n) is 4.51. The molecule has 192 valence electrons. The number of likely N-dealkylation sites (N-methyl/N-ethyl adjacent to an activating group) is 1. The zero-order valence-electron chi connectivity index (χ0n) is 20.6. The molecule has 3 amide bonds. The van der Waals surface area contributed by atoms with Crippen LogP contribution in [-0.4, -0.2) is 64.5 Å². The number of aliphatic carboxylic acids is 1. The van der Waals surface area contributed by atoms with Gasteiger partial charge < -0.3 is 14.9 Å². The van der Waals surface area contributed by atoms with E-state index in [-0.39, 0.29) is 30.8 Å². The van der Waals surface area contributed by atoms with Crippen LogP contribution >= 0.6 is 15.9 Å². The van der Waals surface area contributed by atoms with E-state index in [0.29, 0.717) is 37.3 Å². The van der Waals surface area contributed by atoms with Crippen molar-refractivity contribution in [1.82, 2.24) is 14.8 Å². The Balaban J connectivity index is 1.53. The van der Waals surface area contributed by atoms with Gasteiger partial charge in [-0.25, -0.2) is 4.79 Å². The van der Waals surface area contributed by atoms with Crippen LogP contribution in [0.2, 0.25) is 0 Å². The molecule has 0 aliphatic carbocycles. The molecular weight excluding hydrogens is 536 g/mol. The Labute approximate surface area is 224 Å². The van der Waals surface area contributed by atoms with Gasteiger partial charge in [-0.1, -0.05) is 40.2 Å². The smallest absolute Gasteiger partial charge is 0.324 e. The number of carbonyl (C=O) groups excluding carboxylic acids is 2. The normalized spacial score (nSPS) is 15.5. The van der Waals surface area contributed by atoms with Crippen molar-refractivity contribution in [3.05, 3.63) is 94.2 Å². The Morgan fingerprint density at radius 2 is 1.78 bits per heavy atom. The number of anilines is 1. The van der Waals surface area contributed by atoms with Gasteiger partial charge in [0, 0.05) is 73.2 Å². The van der Waals surface area contributed by atoms with Gasteiger partial charge in [0.25, 0.3) is 5.91 Å². The molecule has 1 atom stereocenters. The first-order valence-electron chi connectivity index (χ1n) is 12.1. The second kappa shape index (κ2) is 12.0. The van der Waals surface area contributed by atoms with Gasteiger partial charge in [-0.3, -0.25) is 19.5 Å². The molecule has 3 aromatic rings. The fourth-order valence-corrected chi connectivity index (χ4v) is 4.77. The Morgan fingerprint density at radius 3 is 2.49 bits per heavy atom. The molecule has 2 aromatic carbocycles. The standard InChI is InChI=1S/C28H29BrN4O4/c1-31(15-13-23-7-4-5-14-30-23)27(36)25-8-3-2-6-21(25)19-32-17-20(16-26(34)35)18-33(28(32)37)24-11-9-22(29)10-12-24/h2-12,14,20H,13,15-19H2,1H3,(H,34,35). The molecule has 1 aromatic heterocycles. The number of hydrogen-bond acceptors (Lipinski definition) is 4. The molecule has 1 fully saturated rings. The summed E-state index contributed by atoms with van der Waals surface area (Å²) in [7, 11) is 1.76. The van der Waals surface area contributed by atoms with Gasteiger partial charge in [0.05, 0.1) is 6.42 Å². The van der Waals surface area contributed by atoms with Crippen LogP contribution < -0.4 is 4.90 Å². The van der Waals surface area contributed by atoms with E-state index < -0.39 is 5.97 Å². The predicted octanol–water partition coefficient (Wildman–Crippen LogP) is 4.69. The van der Waals surface area contributed by atoms with Gasteiger partial charge >= 0.3 is 12.0 Å². The van der Waals surface area contributed by atoms with Crippen LogP contribution in [0.1, 0.15) is 28.0 Å². The van der Waals surface area contributed by atoms with Gasteiger partial charge in [-0.05, 0) is 48.0 Å². The van der Waals surface area contributed by atoms with Crippen molar-refractivity contribution in [2.24, 2.45) is 5.92 Å². The highest BCUT2D eigenvalue weighted by molar-refractivity contribution is 9.10. The SMILES string of the molecule is CN(CCc1ccccn1)C(=O)c1ccccc1CN1CC(CC(=O)O)CN(c2ccc(Br)cc2)C1=O. The lowest BCUT2D eigenvalue weighted by Crippen LogP contribution is -2.53. The molecule has 1 aliphatic rings. The number of rotatable bonds is 9. The Hall–Kier alpha value is -3.72. The molecule has 0 spiro atoms. The summed E-state index contributed by atoms with van der Waals surface area (Å²) in [6.07, 6.45) is 2.32. The summed E-state index contributed by atoms with van der Waals surface area (Å²) in [5.74, 6) is -1.29. The summed E-state index contributed by atoms with van der Waals surface area (Å²) in [6, 6.07) is 20.1. The van der Waals surface area contributed by atoms with E-state index in [1.54, 1.807) is 34.0 Å². The molecule has 1 aliphatic heterocycles. The second-order valence-electron chi connectivity index (χ2n) is 9.17. The summed E-state index contributed by atoms with van der Waals surface area (Å²) >= 11 is 3.41. The summed E-state index contributed by atoms with van der Waals surface area (Å²) in [5.41, 5.74) is 2.85. The largest absolute Gasteiger partial charge is 0.481 e. The number of pyridine rings is 1. The first-order chi connectivity index (χ1) is 17.8. The first kappa shape index (κ1) is 26.3. The summed E-state index contributed by atoms with van der Waals surface area (Å²) in [4.78, 5) is 47.6. The monoisotopic (exact) mass is 564 g/mol. The van der Waals surface area contributed by atoms with Gasteiger partial charge in [0.2, 0.25) is 0 Å². The topological polar surface area (TPSA) is 94.1 Å². The van der Waals surface area contributed by atoms with E-state index in [1.807, 2.05) is 60.7 Å². The minimum Gasteiger partial charge on any atom is -0.481 e. The van der Waals surface area contributed by atoms with E-state index in [4.69, 9.17) is 0 Å². The van der Waals surface area contributed by atoms with E-state index in [0.717, 1.165) is 15.7 Å². The molecule has 1 unspecified atom stereocenters. The Kier molecular flexibility index (Phi) is 8.55. The molecule has 8 nitrogen and oxygen atoms in total. The van der Waals surface area contributed by atoms with E-state index in [9.17, 15) is 19.5 Å². The quantitative estimate of drug-likeness (QED) is 0.406. The third-order valence-corrected chi connectivity index (χ3v) is 6.94. The molecule has 2 heterocycles. The highest BCUT2D eigenvalue weighted by Gasteiger charge is 2.34. The molecule has 0 bridgehead atoms. The van der Waals surface area contributed by atoms with Crippen molar-refractivity contribution in [2.45, 2.75) is 19.4 Å². The lowest BCUT2D eigenvalue weighted by Gasteiger charge is -2.40. The van der Waals surface area contributed by atoms with Crippen LogP contribution in [0.25, 0.3) is 0 Å². The van der Waals surface area contributed by atoms with E-state index in [1.165, 1.54) is 0 Å². The highest BCUT2D eigenvalue weighted by Crippen LogP contribution is 2.27. The van der Waals surface area contributed by atoms with Crippen molar-refractivity contribution in [3.8, 4) is 0 Å². The number of hydrogen-bond donors (Lipinski definition) is 1. The number of urea groups is 1. The van der Waals surface area contributed by atoms with Crippen LogP contribution in [0, 0.1) is 5.92 Å². The highest BCUT2D eigenvalue weighted by atomic mass is 79.9. The lowest BCUT2D eigenvalue weighted by atomic mass is 9.99. The fraction of sp³-hybridized carbons (Fsp3) is 0.286. The number of carbonyl (C=O) groups is 3. The molecule has 1 saturated heterocycles. The number of amides is 3. The first-order valence-corrected chi connectivity index (χ1v) is 12.9. The van der Waals surface area contributed by atoms with Gasteiger partial charge in [0.15, 0.2) is 0 Å². The minimum atomic E-state index is -0.903. The number of carboxylic acid groups (broad SMARTS) is 1. The van der Waals surface area contributed by atoms with Crippen molar-refractivity contribution in [3.63, 3.8) is 0 Å². The minimum absolute atomic E-state index is 0.0480. The molecule has 0 saturated carbocycles. The predicted molar refractivity (Wildman–Crippen MR) is 144 cm³/mol. The van der Waals surface area contributed by atoms with Crippen molar-refractivity contribution in [2.75, 3.05) is 31.6 Å². The van der Waals surface area contributed by atoms with Crippen molar-refractivity contribution < 1.29 is 19.5 Å². The van der Waals surface area contributed by atoms with E-state index >= 15 is 0 Å². The maximum Gasteiger partial charge on any atom is 0.324 e. The van der Waals surface area contributed by atoms with Crippen LogP contribution in [0.4, 0.5) is 10.5 Å². The van der Waals surface area contributed by atoms with Crippen LogP contribution in [0.15, 0.2) is 77.4 Å². The van der Waals surface area contributed by atoms with E-state index in [2.05, 4.69) is 20.9 Å². The zero-order valence-corrected chi connectivity index (χ0v) is 22.2. The third kappa shape index (κ3) is 6.74. The lowest BCUT2D eigenvalue weighted by molar-refractivity contribution is -0.138.